The van der Waals surface area contributed by atoms with Crippen molar-refractivity contribution < 1.29 is 40.7 Å². The van der Waals surface area contributed by atoms with Gasteiger partial charge in [-0.3, -0.25) is 4.79 Å². The van der Waals surface area contributed by atoms with E-state index < -0.39 is 40.2 Å². The van der Waals surface area contributed by atoms with Crippen molar-refractivity contribution in [3.05, 3.63) is 45.3 Å². The summed E-state index contributed by atoms with van der Waals surface area (Å²) in [6, 6.07) is 0.934. The van der Waals surface area contributed by atoms with E-state index in [9.17, 15) is 35.9 Å². The number of nitrogens with one attached hydrogen (secondary N) is 2. The summed E-state index contributed by atoms with van der Waals surface area (Å²) in [7, 11) is 1.12. The number of anilines is 2. The number of hydrogen-bond donors (Lipinski definition) is 2. The number of carbonyl (C=O) groups excluding carboxylic acids is 2. The van der Waals surface area contributed by atoms with Crippen LogP contribution in [0.4, 0.5) is 37.0 Å². The van der Waals surface area contributed by atoms with E-state index in [1.54, 1.807) is 13.8 Å². The van der Waals surface area contributed by atoms with E-state index in [1.807, 2.05) is 0 Å². The van der Waals surface area contributed by atoms with Gasteiger partial charge in [-0.05, 0) is 56.8 Å². The number of benzene rings is 1. The highest BCUT2D eigenvalue weighted by Crippen LogP contribution is 2.38. The van der Waals surface area contributed by atoms with Crippen LogP contribution in [0.2, 0.25) is 0 Å². The molecule has 1 amide bonds. The molecule has 0 unspecified atom stereocenters. The lowest BCUT2D eigenvalue weighted by atomic mass is 10.1. The Morgan fingerprint density at radius 1 is 1.00 bits per heavy atom. The van der Waals surface area contributed by atoms with Gasteiger partial charge in [0, 0.05) is 18.8 Å². The molecule has 0 aliphatic carbocycles. The molecule has 1 aromatic heterocycles. The Morgan fingerprint density at radius 2 is 1.51 bits per heavy atom. The molecule has 0 bridgehead atoms. The zero-order valence-corrected chi connectivity index (χ0v) is 20.5. The third kappa shape index (κ3) is 6.63. The van der Waals surface area contributed by atoms with Crippen molar-refractivity contribution in [1.82, 2.24) is 4.90 Å². The SMILES string of the molecule is CCN(CC)C(=O)c1sc(NC(=S)Nc2cc(C(F)(F)F)cc(C(F)(F)F)c2)c(C(=O)OC)c1C. The maximum atomic E-state index is 13.1. The number of carbonyl (C=O) groups is 2. The number of ether oxygens (including phenoxy) is 1. The average Bonchev–Trinajstić information content (AvgIpc) is 3.07. The van der Waals surface area contributed by atoms with Crippen LogP contribution in [-0.2, 0) is 17.1 Å². The zero-order valence-electron chi connectivity index (χ0n) is 18.9. The maximum absolute atomic E-state index is 13.1. The van der Waals surface area contributed by atoms with Crippen molar-refractivity contribution in [2.24, 2.45) is 0 Å². The number of thiophene rings is 1. The van der Waals surface area contributed by atoms with Crippen LogP contribution in [0.1, 0.15) is 50.6 Å². The summed E-state index contributed by atoms with van der Waals surface area (Å²) >= 11 is 5.92. The molecule has 2 aromatic rings. The van der Waals surface area contributed by atoms with Gasteiger partial charge in [-0.2, -0.15) is 26.3 Å². The third-order valence-corrected chi connectivity index (χ3v) is 6.25. The lowest BCUT2D eigenvalue weighted by molar-refractivity contribution is -0.143. The molecule has 0 atom stereocenters. The number of halogens is 6. The largest absolute Gasteiger partial charge is 0.465 e. The fraction of sp³-hybridized carbons (Fsp3) is 0.381. The number of alkyl halides is 6. The van der Waals surface area contributed by atoms with Crippen molar-refractivity contribution in [3.8, 4) is 0 Å². The standard InChI is InChI=1S/C21H21F6N3O3S2/c1-5-30(6-2)17(31)15-10(3)14(18(32)33-4)16(35-15)29-19(34)28-13-8-11(20(22,23)24)7-12(9-13)21(25,26)27/h7-9H,5-6H2,1-4H3,(H2,28,29,34). The van der Waals surface area contributed by atoms with Crippen LogP contribution in [-0.4, -0.2) is 42.1 Å². The molecule has 0 aliphatic heterocycles. The molecule has 6 nitrogen and oxygen atoms in total. The monoisotopic (exact) mass is 541 g/mol. The van der Waals surface area contributed by atoms with Gasteiger partial charge < -0.3 is 20.3 Å². The predicted molar refractivity (Wildman–Crippen MR) is 124 cm³/mol. The summed E-state index contributed by atoms with van der Waals surface area (Å²) < 4.78 is 83.5. The van der Waals surface area contributed by atoms with Crippen molar-refractivity contribution in [2.45, 2.75) is 33.1 Å². The molecule has 1 aromatic carbocycles. The Kier molecular flexibility index (Phi) is 8.76. The molecule has 0 saturated heterocycles. The lowest BCUT2D eigenvalue weighted by Gasteiger charge is -2.18. The summed E-state index contributed by atoms with van der Waals surface area (Å²) in [5, 5.41) is 4.52. The molecule has 0 fully saturated rings. The van der Waals surface area contributed by atoms with Crippen LogP contribution >= 0.6 is 23.6 Å². The quantitative estimate of drug-likeness (QED) is 0.259. The zero-order chi connectivity index (χ0) is 26.7. The van der Waals surface area contributed by atoms with Crippen LogP contribution in [0.5, 0.6) is 0 Å². The second kappa shape index (κ2) is 10.8. The van der Waals surface area contributed by atoms with Crippen LogP contribution in [0.25, 0.3) is 0 Å². The van der Waals surface area contributed by atoms with Crippen molar-refractivity contribution in [2.75, 3.05) is 30.8 Å². The van der Waals surface area contributed by atoms with Crippen molar-refractivity contribution in [3.63, 3.8) is 0 Å². The maximum Gasteiger partial charge on any atom is 0.416 e. The summed E-state index contributed by atoms with van der Waals surface area (Å²) in [4.78, 5) is 26.9. The highest BCUT2D eigenvalue weighted by molar-refractivity contribution is 7.80. The summed E-state index contributed by atoms with van der Waals surface area (Å²) in [5.74, 6) is -1.16. The van der Waals surface area contributed by atoms with Crippen molar-refractivity contribution >= 4 is 51.2 Å². The van der Waals surface area contributed by atoms with Gasteiger partial charge in [-0.1, -0.05) is 0 Å². The molecular weight excluding hydrogens is 520 g/mol. The second-order valence-corrected chi connectivity index (χ2v) is 8.53. The van der Waals surface area contributed by atoms with Gasteiger partial charge >= 0.3 is 18.3 Å². The average molecular weight is 542 g/mol. The summed E-state index contributed by atoms with van der Waals surface area (Å²) in [6.45, 7) is 5.87. The highest BCUT2D eigenvalue weighted by Gasteiger charge is 2.37. The summed E-state index contributed by atoms with van der Waals surface area (Å²) in [5.41, 5.74) is -3.35. The minimum absolute atomic E-state index is 0.00918. The molecule has 1 heterocycles. The number of amides is 1. The minimum Gasteiger partial charge on any atom is -0.465 e. The van der Waals surface area contributed by atoms with E-state index in [0.717, 1.165) is 18.4 Å². The number of thiocarbonyl (C=S) groups is 1. The first-order chi connectivity index (χ1) is 16.1. The predicted octanol–water partition coefficient (Wildman–Crippen LogP) is 6.17. The van der Waals surface area contributed by atoms with E-state index in [0.29, 0.717) is 30.8 Å². The Bertz CT molecular complexity index is 1090. The van der Waals surface area contributed by atoms with E-state index in [-0.39, 0.29) is 27.4 Å². The number of nitrogens with zero attached hydrogens (tertiary/aromatic N) is 1. The Balaban J connectivity index is 2.44. The topological polar surface area (TPSA) is 70.7 Å². The van der Waals surface area contributed by atoms with Gasteiger partial charge in [0.1, 0.15) is 5.00 Å². The Hall–Kier alpha value is -2.87. The molecule has 2 rings (SSSR count). The fourth-order valence-electron chi connectivity index (χ4n) is 3.10. The first kappa shape index (κ1) is 28.4. The molecule has 192 valence electrons. The molecule has 35 heavy (non-hydrogen) atoms. The normalized spacial score (nSPS) is 11.7. The Labute approximate surface area is 206 Å². The number of methoxy groups -OCH3 is 1. The third-order valence-electron chi connectivity index (χ3n) is 4.85. The smallest absolute Gasteiger partial charge is 0.416 e. The first-order valence-electron chi connectivity index (χ1n) is 10.0. The molecular formula is C21H21F6N3O3S2. The van der Waals surface area contributed by atoms with Crippen LogP contribution in [0.15, 0.2) is 18.2 Å². The van der Waals surface area contributed by atoms with E-state index in [4.69, 9.17) is 17.0 Å². The molecule has 0 spiro atoms. The van der Waals surface area contributed by atoms with Gasteiger partial charge in [0.25, 0.3) is 5.91 Å². The number of hydrogen-bond acceptors (Lipinski definition) is 5. The van der Waals surface area contributed by atoms with E-state index in [2.05, 4.69) is 10.6 Å². The Morgan fingerprint density at radius 3 is 1.94 bits per heavy atom. The van der Waals surface area contributed by atoms with Gasteiger partial charge in [0.05, 0.1) is 28.7 Å². The minimum atomic E-state index is -5.03. The van der Waals surface area contributed by atoms with Crippen LogP contribution in [0.3, 0.4) is 0 Å². The van der Waals surface area contributed by atoms with Gasteiger partial charge in [-0.15, -0.1) is 11.3 Å². The molecule has 0 saturated carbocycles. The molecule has 2 N–H and O–H groups in total. The van der Waals surface area contributed by atoms with Crippen LogP contribution < -0.4 is 10.6 Å². The fourth-order valence-corrected chi connectivity index (χ4v) is 4.55. The second-order valence-electron chi connectivity index (χ2n) is 7.10. The highest BCUT2D eigenvalue weighted by atomic mass is 32.1. The summed E-state index contributed by atoms with van der Waals surface area (Å²) in [6.07, 6.45) is -10.1. The van der Waals surface area contributed by atoms with E-state index in [1.165, 1.54) is 11.8 Å². The molecule has 14 heteroatoms. The van der Waals surface area contributed by atoms with Crippen molar-refractivity contribution in [1.29, 1.82) is 0 Å². The van der Waals surface area contributed by atoms with Crippen LogP contribution in [0, 0.1) is 6.92 Å². The number of rotatable bonds is 6. The van der Waals surface area contributed by atoms with E-state index >= 15 is 0 Å². The first-order valence-corrected chi connectivity index (χ1v) is 11.2. The lowest BCUT2D eigenvalue weighted by Crippen LogP contribution is -2.30. The van der Waals surface area contributed by atoms with Gasteiger partial charge in [-0.25, -0.2) is 4.79 Å². The molecule has 0 radical (unpaired) electrons. The van der Waals surface area contributed by atoms with Gasteiger partial charge in [0.2, 0.25) is 0 Å². The molecule has 0 aliphatic rings. The number of esters is 1. The van der Waals surface area contributed by atoms with Gasteiger partial charge in [0.15, 0.2) is 5.11 Å².